The molecular weight excluding hydrogens is 546 g/mol. The van der Waals surface area contributed by atoms with Crippen LogP contribution in [-0.4, -0.2) is 71.1 Å². The van der Waals surface area contributed by atoms with Crippen molar-refractivity contribution in [3.63, 3.8) is 0 Å². The van der Waals surface area contributed by atoms with Crippen LogP contribution < -0.4 is 0 Å². The van der Waals surface area contributed by atoms with Crippen LogP contribution in [-0.2, 0) is 9.47 Å². The van der Waals surface area contributed by atoms with E-state index < -0.39 is 28.6 Å². The molecule has 2 bridgehead atoms. The topological polar surface area (TPSA) is 109 Å². The van der Waals surface area contributed by atoms with Crippen molar-refractivity contribution < 1.29 is 33.7 Å². The first-order chi connectivity index (χ1) is 20.5. The SMILES string of the molecule is CCOC(=O)N(CC1CCCO1)CC1(O)CCC2C34C=CC5(C=C3C(=O)c3ccco3)CC(O)CCC5(C)C4CCC21C. The van der Waals surface area contributed by atoms with Crippen LogP contribution >= 0.6 is 0 Å². The summed E-state index contributed by atoms with van der Waals surface area (Å²) in [7, 11) is 0. The average molecular weight is 594 g/mol. The predicted molar refractivity (Wildman–Crippen MR) is 159 cm³/mol. The van der Waals surface area contributed by atoms with Gasteiger partial charge in [-0.3, -0.25) is 4.79 Å². The Morgan fingerprint density at radius 3 is 2.56 bits per heavy atom. The van der Waals surface area contributed by atoms with Gasteiger partial charge in [-0.1, -0.05) is 32.1 Å². The van der Waals surface area contributed by atoms with Crippen LogP contribution in [0.2, 0.25) is 0 Å². The van der Waals surface area contributed by atoms with Crippen LogP contribution in [0, 0.1) is 33.5 Å². The molecule has 2 heterocycles. The molecule has 8 rings (SSSR count). The molecular formula is C35H47NO7. The number of furan rings is 1. The van der Waals surface area contributed by atoms with E-state index in [1.165, 1.54) is 0 Å². The molecule has 234 valence electrons. The van der Waals surface area contributed by atoms with Gasteiger partial charge in [0, 0.05) is 28.4 Å². The van der Waals surface area contributed by atoms with Crippen LogP contribution in [0.4, 0.5) is 4.79 Å². The van der Waals surface area contributed by atoms with E-state index in [1.54, 1.807) is 30.2 Å². The largest absolute Gasteiger partial charge is 0.461 e. The lowest BCUT2D eigenvalue weighted by molar-refractivity contribution is -0.175. The monoisotopic (exact) mass is 593 g/mol. The first-order valence-electron chi connectivity index (χ1n) is 16.5. The number of aliphatic hydroxyl groups is 2. The number of ketones is 1. The fraction of sp³-hybridized carbons (Fsp3) is 0.714. The van der Waals surface area contributed by atoms with Gasteiger partial charge in [-0.2, -0.15) is 0 Å². The van der Waals surface area contributed by atoms with Crippen molar-refractivity contribution >= 4 is 11.9 Å². The highest BCUT2D eigenvalue weighted by atomic mass is 16.6. The number of nitrogens with zero attached hydrogens (tertiary/aromatic N) is 1. The number of carbonyl (C=O) groups is 2. The number of Topliss-reactive ketones (excluding diaryl/α,β-unsaturated/α-hetero) is 1. The summed E-state index contributed by atoms with van der Waals surface area (Å²) < 4.78 is 17.0. The van der Waals surface area contributed by atoms with Gasteiger partial charge in [0.15, 0.2) is 5.76 Å². The first kappa shape index (κ1) is 29.3. The van der Waals surface area contributed by atoms with E-state index in [4.69, 9.17) is 13.9 Å². The highest BCUT2D eigenvalue weighted by Gasteiger charge is 2.74. The zero-order valence-corrected chi connectivity index (χ0v) is 25.8. The minimum Gasteiger partial charge on any atom is -0.461 e. The van der Waals surface area contributed by atoms with Crippen molar-refractivity contribution in [3.8, 4) is 0 Å². The van der Waals surface area contributed by atoms with E-state index >= 15 is 0 Å². The molecule has 2 spiro atoms. The zero-order chi connectivity index (χ0) is 30.3. The summed E-state index contributed by atoms with van der Waals surface area (Å²) in [5.41, 5.74) is -1.98. The molecule has 43 heavy (non-hydrogen) atoms. The lowest BCUT2D eigenvalue weighted by atomic mass is 9.32. The van der Waals surface area contributed by atoms with Crippen molar-refractivity contribution in [3.05, 3.63) is 48.0 Å². The quantitative estimate of drug-likeness (QED) is 0.309. The van der Waals surface area contributed by atoms with E-state index in [2.05, 4.69) is 32.1 Å². The van der Waals surface area contributed by atoms with Gasteiger partial charge in [0.25, 0.3) is 0 Å². The maximum Gasteiger partial charge on any atom is 0.409 e. The Balaban J connectivity index is 1.30. The van der Waals surface area contributed by atoms with Gasteiger partial charge in [-0.15, -0.1) is 0 Å². The Morgan fingerprint density at radius 2 is 1.84 bits per heavy atom. The molecule has 7 aliphatic rings. The number of carbonyl (C=O) groups excluding carboxylic acids is 2. The molecule has 3 saturated carbocycles. The third-order valence-corrected chi connectivity index (χ3v) is 13.1. The van der Waals surface area contributed by atoms with Crippen LogP contribution in [0.3, 0.4) is 0 Å². The van der Waals surface area contributed by atoms with E-state index in [1.807, 2.05) is 0 Å². The molecule has 9 unspecified atom stereocenters. The van der Waals surface area contributed by atoms with E-state index in [0.29, 0.717) is 31.8 Å². The van der Waals surface area contributed by atoms with Gasteiger partial charge in [0.05, 0.1) is 43.8 Å². The number of ether oxygens (including phenoxy) is 2. The van der Waals surface area contributed by atoms with Crippen molar-refractivity contribution in [2.24, 2.45) is 33.5 Å². The average Bonchev–Trinajstić information content (AvgIpc) is 3.75. The molecule has 1 amide bonds. The summed E-state index contributed by atoms with van der Waals surface area (Å²) in [5, 5.41) is 23.5. The Bertz CT molecular complexity index is 1330. The van der Waals surface area contributed by atoms with Gasteiger partial charge in [-0.25, -0.2) is 4.79 Å². The van der Waals surface area contributed by atoms with Crippen LogP contribution in [0.1, 0.15) is 89.1 Å². The summed E-state index contributed by atoms with van der Waals surface area (Å²) >= 11 is 0. The normalized spacial score (nSPS) is 44.3. The zero-order valence-electron chi connectivity index (χ0n) is 25.8. The molecule has 8 heteroatoms. The fourth-order valence-corrected chi connectivity index (χ4v) is 10.9. The third-order valence-electron chi connectivity index (χ3n) is 13.1. The number of fused-ring (bicyclic) bond motifs is 1. The van der Waals surface area contributed by atoms with Crippen LogP contribution in [0.25, 0.3) is 0 Å². The number of hydrogen-bond acceptors (Lipinski definition) is 7. The number of aliphatic hydroxyl groups excluding tert-OH is 1. The Labute approximate surface area is 254 Å². The Kier molecular flexibility index (Phi) is 6.84. The Hall–Kier alpha value is -2.42. The molecule has 0 radical (unpaired) electrons. The first-order valence-corrected chi connectivity index (χ1v) is 16.5. The molecule has 4 fully saturated rings. The van der Waals surface area contributed by atoms with Crippen LogP contribution in [0.5, 0.6) is 0 Å². The summed E-state index contributed by atoms with van der Waals surface area (Å²) in [6, 6.07) is 3.49. The molecule has 6 aliphatic carbocycles. The van der Waals surface area contributed by atoms with Crippen LogP contribution in [0.15, 0.2) is 46.6 Å². The maximum atomic E-state index is 14.3. The standard InChI is InChI=1S/C35H47NO7/c1-4-41-30(39)36(21-24-7-5-17-42-24)22-34(40)14-11-28-32(34,3)13-10-27-31(2)12-9-23(37)19-33(31)15-16-35(27,28)25(20-33)29(38)26-8-6-18-43-26/h6,8,15-16,18,20,23-24,27-28,37,40H,4-5,7,9-14,17,19,21-22H2,1-3H3. The van der Waals surface area contributed by atoms with Gasteiger partial charge in [-0.05, 0) is 94.1 Å². The smallest absolute Gasteiger partial charge is 0.409 e. The molecule has 1 saturated heterocycles. The summed E-state index contributed by atoms with van der Waals surface area (Å²) in [6.07, 6.45) is 14.6. The second-order valence-electron chi connectivity index (χ2n) is 14.8. The maximum absolute atomic E-state index is 14.3. The molecule has 8 nitrogen and oxygen atoms in total. The second kappa shape index (κ2) is 10.0. The lowest BCUT2D eigenvalue weighted by Crippen LogP contribution is -2.67. The van der Waals surface area contributed by atoms with E-state index in [9.17, 15) is 19.8 Å². The molecule has 1 aromatic rings. The molecule has 1 aliphatic heterocycles. The summed E-state index contributed by atoms with van der Waals surface area (Å²) in [6.45, 7) is 7.92. The number of allylic oxidation sites excluding steroid dienone is 4. The number of rotatable bonds is 7. The number of hydrogen-bond donors (Lipinski definition) is 2. The molecule has 2 N–H and O–H groups in total. The summed E-state index contributed by atoms with van der Waals surface area (Å²) in [4.78, 5) is 29.2. The highest BCUT2D eigenvalue weighted by molar-refractivity contribution is 6.08. The van der Waals surface area contributed by atoms with Crippen molar-refractivity contribution in [2.75, 3.05) is 26.3 Å². The highest BCUT2D eigenvalue weighted by Crippen LogP contribution is 2.78. The van der Waals surface area contributed by atoms with Crippen molar-refractivity contribution in [1.29, 1.82) is 0 Å². The fourth-order valence-electron chi connectivity index (χ4n) is 10.9. The minimum absolute atomic E-state index is 0.00101. The van der Waals surface area contributed by atoms with Gasteiger partial charge in [0.2, 0.25) is 5.78 Å². The third kappa shape index (κ3) is 3.98. The van der Waals surface area contributed by atoms with E-state index in [0.717, 1.165) is 50.5 Å². The van der Waals surface area contributed by atoms with Crippen molar-refractivity contribution in [1.82, 2.24) is 4.90 Å². The van der Waals surface area contributed by atoms with E-state index in [-0.39, 0.29) is 47.7 Å². The minimum atomic E-state index is -1.15. The van der Waals surface area contributed by atoms with Gasteiger partial charge < -0.3 is 29.0 Å². The summed E-state index contributed by atoms with van der Waals surface area (Å²) in [5.74, 6) is 0.441. The predicted octanol–water partition coefficient (Wildman–Crippen LogP) is 5.69. The van der Waals surface area contributed by atoms with Crippen molar-refractivity contribution in [2.45, 2.75) is 96.4 Å². The Morgan fingerprint density at radius 1 is 1.07 bits per heavy atom. The van der Waals surface area contributed by atoms with Gasteiger partial charge >= 0.3 is 6.09 Å². The molecule has 0 aromatic carbocycles. The second-order valence-corrected chi connectivity index (χ2v) is 14.8. The van der Waals surface area contributed by atoms with Gasteiger partial charge in [0.1, 0.15) is 0 Å². The number of amides is 1. The lowest BCUT2D eigenvalue weighted by Gasteiger charge is -2.71. The molecule has 9 atom stereocenters. The molecule has 1 aromatic heterocycles.